The van der Waals surface area contributed by atoms with Crippen LogP contribution >= 0.6 is 11.6 Å². The molecule has 1 fully saturated rings. The second kappa shape index (κ2) is 9.73. The molecule has 1 aromatic carbocycles. The lowest BCUT2D eigenvalue weighted by Gasteiger charge is -2.33. The van der Waals surface area contributed by atoms with Gasteiger partial charge in [0.15, 0.2) is 0 Å². The van der Waals surface area contributed by atoms with Crippen LogP contribution in [0.4, 0.5) is 10.5 Å². The van der Waals surface area contributed by atoms with E-state index in [0.717, 1.165) is 19.5 Å². The fourth-order valence-corrected chi connectivity index (χ4v) is 3.33. The number of carbonyl (C=O) groups is 1. The van der Waals surface area contributed by atoms with E-state index in [1.54, 1.807) is 12.1 Å². The topological polar surface area (TPSA) is 62.8 Å². The number of likely N-dealkylation sites (tertiary alicyclic amines) is 1. The number of hydrogen-bond donors (Lipinski definition) is 2. The number of urea groups is 1. The van der Waals surface area contributed by atoms with Crippen LogP contribution in [-0.2, 0) is 0 Å². The van der Waals surface area contributed by atoms with E-state index >= 15 is 0 Å². The van der Waals surface area contributed by atoms with Gasteiger partial charge in [-0.15, -0.1) is 0 Å². The summed E-state index contributed by atoms with van der Waals surface area (Å²) in [5.41, 5.74) is 0.519. The van der Waals surface area contributed by atoms with E-state index < -0.39 is 0 Å². The number of nitrogens with zero attached hydrogens (tertiary/aromatic N) is 1. The third kappa shape index (κ3) is 5.68. The predicted octanol–water partition coefficient (Wildman–Crippen LogP) is 3.74. The van der Waals surface area contributed by atoms with Crippen molar-refractivity contribution >= 4 is 23.3 Å². The van der Waals surface area contributed by atoms with Gasteiger partial charge in [0.05, 0.1) is 24.9 Å². The zero-order chi connectivity index (χ0) is 18.2. The molecule has 2 N–H and O–H groups in total. The highest BCUT2D eigenvalue weighted by molar-refractivity contribution is 6.32. The minimum atomic E-state index is -0.269. The Kier molecular flexibility index (Phi) is 7.65. The van der Waals surface area contributed by atoms with E-state index in [-0.39, 0.29) is 6.03 Å². The van der Waals surface area contributed by atoms with Crippen molar-refractivity contribution in [2.75, 3.05) is 39.2 Å². The molecule has 7 heteroatoms. The number of amides is 2. The Morgan fingerprint density at radius 1 is 1.28 bits per heavy atom. The number of rotatable bonds is 7. The van der Waals surface area contributed by atoms with Crippen LogP contribution in [-0.4, -0.2) is 50.8 Å². The summed E-state index contributed by atoms with van der Waals surface area (Å²) < 4.78 is 10.4. The molecule has 0 saturated carbocycles. The Hall–Kier alpha value is -1.66. The molecule has 1 aromatic rings. The van der Waals surface area contributed by atoms with E-state index in [1.165, 1.54) is 33.5 Å². The Balaban J connectivity index is 1.80. The minimum Gasteiger partial charge on any atom is -0.495 e. The van der Waals surface area contributed by atoms with Crippen molar-refractivity contribution in [2.24, 2.45) is 0 Å². The lowest BCUT2D eigenvalue weighted by atomic mass is 10.0. The monoisotopic (exact) mass is 369 g/mol. The van der Waals surface area contributed by atoms with Gasteiger partial charge in [0.1, 0.15) is 11.5 Å². The molecule has 1 saturated heterocycles. The van der Waals surface area contributed by atoms with Gasteiger partial charge in [0.25, 0.3) is 0 Å². The Labute approximate surface area is 154 Å². The molecule has 140 valence electrons. The van der Waals surface area contributed by atoms with Gasteiger partial charge in [-0.2, -0.15) is 0 Å². The first-order chi connectivity index (χ1) is 12.0. The standard InChI is InChI=1S/C18H28ClN3O3/c1-13-7-4-5-9-22(13)10-6-8-20-18(23)21-15-12-16(24-2)14(19)11-17(15)25-3/h11-13H,4-10H2,1-3H3,(H2,20,21,23)/t13-/m1/s1. The van der Waals surface area contributed by atoms with Crippen LogP contribution in [0.15, 0.2) is 12.1 Å². The third-order valence-electron chi connectivity index (χ3n) is 4.57. The van der Waals surface area contributed by atoms with Crippen molar-refractivity contribution < 1.29 is 14.3 Å². The molecule has 2 amide bonds. The van der Waals surface area contributed by atoms with Crippen molar-refractivity contribution in [3.05, 3.63) is 17.2 Å². The summed E-state index contributed by atoms with van der Waals surface area (Å²) in [6.07, 6.45) is 4.80. The molecular weight excluding hydrogens is 342 g/mol. The highest BCUT2D eigenvalue weighted by Gasteiger charge is 2.17. The summed E-state index contributed by atoms with van der Waals surface area (Å²) in [6.45, 7) is 5.08. The number of hydrogen-bond acceptors (Lipinski definition) is 4. The van der Waals surface area contributed by atoms with Crippen LogP contribution in [0.3, 0.4) is 0 Å². The zero-order valence-electron chi connectivity index (χ0n) is 15.2. The molecule has 2 rings (SSSR count). The fraction of sp³-hybridized carbons (Fsp3) is 0.611. The number of nitrogens with one attached hydrogen (secondary N) is 2. The van der Waals surface area contributed by atoms with Crippen molar-refractivity contribution in [3.63, 3.8) is 0 Å². The average Bonchev–Trinajstić information content (AvgIpc) is 2.61. The van der Waals surface area contributed by atoms with Gasteiger partial charge in [0.2, 0.25) is 0 Å². The molecular formula is C18H28ClN3O3. The van der Waals surface area contributed by atoms with Crippen molar-refractivity contribution in [1.82, 2.24) is 10.2 Å². The number of halogens is 1. The maximum absolute atomic E-state index is 12.1. The molecule has 0 radical (unpaired) electrons. The first-order valence-corrected chi connectivity index (χ1v) is 9.13. The lowest BCUT2D eigenvalue weighted by molar-refractivity contribution is 0.159. The maximum atomic E-state index is 12.1. The molecule has 0 spiro atoms. The summed E-state index contributed by atoms with van der Waals surface area (Å²) >= 11 is 6.07. The smallest absolute Gasteiger partial charge is 0.319 e. The summed E-state index contributed by atoms with van der Waals surface area (Å²) in [4.78, 5) is 14.6. The highest BCUT2D eigenvalue weighted by atomic mass is 35.5. The maximum Gasteiger partial charge on any atom is 0.319 e. The largest absolute Gasteiger partial charge is 0.495 e. The van der Waals surface area contributed by atoms with Crippen molar-refractivity contribution in [3.8, 4) is 11.5 Å². The van der Waals surface area contributed by atoms with Gasteiger partial charge in [-0.25, -0.2) is 4.79 Å². The van der Waals surface area contributed by atoms with Crippen molar-refractivity contribution in [1.29, 1.82) is 0 Å². The van der Waals surface area contributed by atoms with Crippen LogP contribution in [0.25, 0.3) is 0 Å². The normalized spacial score (nSPS) is 17.8. The lowest BCUT2D eigenvalue weighted by Crippen LogP contribution is -2.39. The Bertz CT molecular complexity index is 583. The van der Waals surface area contributed by atoms with Gasteiger partial charge in [-0.3, -0.25) is 0 Å². The number of benzene rings is 1. The number of anilines is 1. The highest BCUT2D eigenvalue weighted by Crippen LogP contribution is 2.35. The third-order valence-corrected chi connectivity index (χ3v) is 4.87. The van der Waals surface area contributed by atoms with Gasteiger partial charge in [-0.1, -0.05) is 18.0 Å². The summed E-state index contributed by atoms with van der Waals surface area (Å²) in [6, 6.07) is 3.65. The van der Waals surface area contributed by atoms with E-state index in [9.17, 15) is 4.79 Å². The second-order valence-corrected chi connectivity index (χ2v) is 6.71. The first-order valence-electron chi connectivity index (χ1n) is 8.75. The summed E-state index contributed by atoms with van der Waals surface area (Å²) in [5, 5.41) is 6.10. The second-order valence-electron chi connectivity index (χ2n) is 6.30. The molecule has 0 bridgehead atoms. The summed E-state index contributed by atoms with van der Waals surface area (Å²) in [7, 11) is 3.06. The first kappa shape index (κ1) is 19.7. The predicted molar refractivity (Wildman–Crippen MR) is 101 cm³/mol. The van der Waals surface area contributed by atoms with Crippen LogP contribution in [0.5, 0.6) is 11.5 Å². The quantitative estimate of drug-likeness (QED) is 0.718. The Morgan fingerprint density at radius 2 is 2.04 bits per heavy atom. The molecule has 1 aliphatic rings. The SMILES string of the molecule is COc1cc(NC(=O)NCCCN2CCCC[C@H]2C)c(OC)cc1Cl. The molecule has 25 heavy (non-hydrogen) atoms. The summed E-state index contributed by atoms with van der Waals surface area (Å²) in [5.74, 6) is 0.972. The Morgan fingerprint density at radius 3 is 2.72 bits per heavy atom. The number of piperidine rings is 1. The van der Waals surface area contributed by atoms with Gasteiger partial charge >= 0.3 is 6.03 Å². The minimum absolute atomic E-state index is 0.269. The average molecular weight is 370 g/mol. The zero-order valence-corrected chi connectivity index (χ0v) is 16.0. The van der Waals surface area contributed by atoms with Crippen molar-refractivity contribution in [2.45, 2.75) is 38.6 Å². The molecule has 0 aromatic heterocycles. The van der Waals surface area contributed by atoms with E-state index in [1.807, 2.05) is 0 Å². The van der Waals surface area contributed by atoms with E-state index in [2.05, 4.69) is 22.5 Å². The van der Waals surface area contributed by atoms with Crippen LogP contribution in [0.2, 0.25) is 5.02 Å². The fourth-order valence-electron chi connectivity index (χ4n) is 3.10. The number of carbonyl (C=O) groups excluding carboxylic acids is 1. The van der Waals surface area contributed by atoms with Crippen LogP contribution < -0.4 is 20.1 Å². The molecule has 1 atom stereocenters. The molecule has 1 aliphatic heterocycles. The van der Waals surface area contributed by atoms with E-state index in [0.29, 0.717) is 34.8 Å². The molecule has 6 nitrogen and oxygen atoms in total. The molecule has 1 heterocycles. The van der Waals surface area contributed by atoms with Crippen LogP contribution in [0, 0.1) is 0 Å². The van der Waals surface area contributed by atoms with Gasteiger partial charge in [-0.05, 0) is 32.7 Å². The number of methoxy groups -OCH3 is 2. The number of ether oxygens (including phenoxy) is 2. The van der Waals surface area contributed by atoms with E-state index in [4.69, 9.17) is 21.1 Å². The molecule has 0 aliphatic carbocycles. The van der Waals surface area contributed by atoms with Gasteiger partial charge < -0.3 is 25.0 Å². The van der Waals surface area contributed by atoms with Crippen LogP contribution in [0.1, 0.15) is 32.6 Å². The van der Waals surface area contributed by atoms with Gasteiger partial charge in [0, 0.05) is 31.3 Å². The molecule has 0 unspecified atom stereocenters.